The van der Waals surface area contributed by atoms with Gasteiger partial charge >= 0.3 is 12.4 Å². The first-order valence-corrected chi connectivity index (χ1v) is 10.1. The van der Waals surface area contributed by atoms with Crippen molar-refractivity contribution in [1.29, 1.82) is 0 Å². The Morgan fingerprint density at radius 1 is 1.00 bits per heavy atom. The molecule has 13 heteroatoms. The van der Waals surface area contributed by atoms with Crippen LogP contribution in [0.1, 0.15) is 29.8 Å². The molecular formula is C19H18Cl2F6N4O. The van der Waals surface area contributed by atoms with Crippen LogP contribution in [0.4, 0.5) is 32.2 Å². The number of halogens is 8. The van der Waals surface area contributed by atoms with Crippen molar-refractivity contribution in [3.05, 3.63) is 51.4 Å². The first-order chi connectivity index (χ1) is 14.9. The minimum Gasteiger partial charge on any atom is -0.358 e. The molecule has 1 saturated heterocycles. The van der Waals surface area contributed by atoms with Crippen LogP contribution < -0.4 is 10.2 Å². The van der Waals surface area contributed by atoms with Gasteiger partial charge in [-0.25, -0.2) is 9.97 Å². The fourth-order valence-corrected chi connectivity index (χ4v) is 3.35. The highest BCUT2D eigenvalue weighted by Crippen LogP contribution is 2.35. The molecule has 0 unspecified atom stereocenters. The molecular weight excluding hydrogens is 485 g/mol. The number of carbonyl (C=O) groups is 1. The molecule has 0 saturated carbocycles. The molecule has 1 N–H and O–H groups in total. The van der Waals surface area contributed by atoms with E-state index in [-0.39, 0.29) is 16.0 Å². The van der Waals surface area contributed by atoms with E-state index in [4.69, 9.17) is 23.2 Å². The Labute approximate surface area is 189 Å². The second-order valence-electron chi connectivity index (χ2n) is 6.70. The summed E-state index contributed by atoms with van der Waals surface area (Å²) in [6.45, 7) is 1.79. The molecule has 1 aliphatic rings. The second-order valence-corrected chi connectivity index (χ2v) is 7.49. The molecule has 176 valence electrons. The molecule has 3 rings (SSSR count). The molecule has 32 heavy (non-hydrogen) atoms. The largest absolute Gasteiger partial charge is 0.451 e. The van der Waals surface area contributed by atoms with E-state index in [9.17, 15) is 31.1 Å². The number of carbonyl (C=O) groups excluding carboxylic acids is 1. The maximum atomic E-state index is 12.4. The molecule has 1 aromatic heterocycles. The van der Waals surface area contributed by atoms with Gasteiger partial charge in [-0.3, -0.25) is 4.79 Å². The van der Waals surface area contributed by atoms with Gasteiger partial charge < -0.3 is 10.2 Å². The molecule has 2 heterocycles. The van der Waals surface area contributed by atoms with Crippen molar-refractivity contribution in [2.75, 3.05) is 24.5 Å². The molecule has 1 aromatic carbocycles. The molecule has 2 aromatic rings. The van der Waals surface area contributed by atoms with E-state index in [1.807, 2.05) is 0 Å². The van der Waals surface area contributed by atoms with Crippen molar-refractivity contribution in [3.63, 3.8) is 0 Å². The molecule has 0 aliphatic carbocycles. The van der Waals surface area contributed by atoms with Crippen molar-refractivity contribution in [3.8, 4) is 0 Å². The zero-order valence-corrected chi connectivity index (χ0v) is 17.9. The first-order valence-electron chi connectivity index (χ1n) is 9.31. The van der Waals surface area contributed by atoms with Crippen molar-refractivity contribution in [1.82, 2.24) is 15.3 Å². The van der Waals surface area contributed by atoms with Crippen LogP contribution in [0.15, 0.2) is 24.3 Å². The predicted molar refractivity (Wildman–Crippen MR) is 108 cm³/mol. The lowest BCUT2D eigenvalue weighted by atomic mass is 10.1. The van der Waals surface area contributed by atoms with Crippen LogP contribution in [0.3, 0.4) is 0 Å². The molecule has 1 amide bonds. The van der Waals surface area contributed by atoms with Crippen molar-refractivity contribution >= 4 is 35.4 Å². The Hall–Kier alpha value is -2.27. The number of anilines is 1. The maximum absolute atomic E-state index is 12.4. The Balaban J connectivity index is 0.000000227. The minimum absolute atomic E-state index is 0.177. The van der Waals surface area contributed by atoms with Crippen molar-refractivity contribution in [2.24, 2.45) is 0 Å². The molecule has 1 aliphatic heterocycles. The van der Waals surface area contributed by atoms with E-state index in [0.717, 1.165) is 18.9 Å². The van der Waals surface area contributed by atoms with Crippen LogP contribution in [0.5, 0.6) is 0 Å². The summed E-state index contributed by atoms with van der Waals surface area (Å²) in [5.41, 5.74) is -0.200. The first kappa shape index (κ1) is 26.0. The fourth-order valence-electron chi connectivity index (χ4n) is 2.86. The number of aromatic nitrogens is 2. The normalized spacial score (nSPS) is 14.1. The highest BCUT2D eigenvalue weighted by molar-refractivity contribution is 6.31. The average Bonchev–Trinajstić information content (AvgIpc) is 3.21. The van der Waals surface area contributed by atoms with E-state index in [1.54, 1.807) is 4.90 Å². The summed E-state index contributed by atoms with van der Waals surface area (Å²) in [5.74, 6) is -0.924. The number of hydrogen-bond acceptors (Lipinski definition) is 4. The van der Waals surface area contributed by atoms with Crippen molar-refractivity contribution < 1.29 is 31.1 Å². The van der Waals surface area contributed by atoms with Crippen LogP contribution in [0.25, 0.3) is 0 Å². The highest BCUT2D eigenvalue weighted by atomic mass is 35.5. The number of nitrogens with one attached hydrogen (secondary N) is 1. The summed E-state index contributed by atoms with van der Waals surface area (Å²) in [6, 6.07) is 4.92. The zero-order valence-electron chi connectivity index (χ0n) is 16.4. The van der Waals surface area contributed by atoms with Crippen LogP contribution >= 0.6 is 23.2 Å². The second kappa shape index (κ2) is 11.0. The standard InChI is InChI=1S/C10H9ClF3NO.C9H9ClF3N3/c11-9-5-7(3-4-15-6-16)1-2-8(9)10(12,13)14;10-6-5-7(16-3-1-2-4-16)15-8(14-6)9(11,12)13/h1-2,5-6H,3-4H2,(H,15,16);5H,1-4H2. The summed E-state index contributed by atoms with van der Waals surface area (Å²) < 4.78 is 74.3. The smallest absolute Gasteiger partial charge is 0.358 e. The number of hydrogen-bond donors (Lipinski definition) is 1. The Bertz CT molecular complexity index is 918. The summed E-state index contributed by atoms with van der Waals surface area (Å²) in [4.78, 5) is 18.4. The van der Waals surface area contributed by atoms with Gasteiger partial charge in [-0.1, -0.05) is 29.3 Å². The summed E-state index contributed by atoms with van der Waals surface area (Å²) in [5, 5.41) is 1.92. The number of amides is 1. The van der Waals surface area contributed by atoms with Gasteiger partial charge in [0.2, 0.25) is 12.2 Å². The summed E-state index contributed by atoms with van der Waals surface area (Å²) >= 11 is 11.1. The van der Waals surface area contributed by atoms with Gasteiger partial charge in [0.1, 0.15) is 11.0 Å². The van der Waals surface area contributed by atoms with Gasteiger partial charge in [-0.15, -0.1) is 0 Å². The highest BCUT2D eigenvalue weighted by Gasteiger charge is 2.36. The van der Waals surface area contributed by atoms with Gasteiger partial charge in [0.15, 0.2) is 0 Å². The van der Waals surface area contributed by atoms with Crippen LogP contribution in [0, 0.1) is 0 Å². The van der Waals surface area contributed by atoms with E-state index in [0.29, 0.717) is 38.0 Å². The Morgan fingerprint density at radius 3 is 2.19 bits per heavy atom. The summed E-state index contributed by atoms with van der Waals surface area (Å²) in [6.07, 6.45) is -6.09. The Morgan fingerprint density at radius 2 is 1.66 bits per heavy atom. The molecule has 0 spiro atoms. The third kappa shape index (κ3) is 7.70. The number of nitrogens with zero attached hydrogens (tertiary/aromatic N) is 3. The third-order valence-corrected chi connectivity index (χ3v) is 4.85. The average molecular weight is 503 g/mol. The van der Waals surface area contributed by atoms with Crippen LogP contribution in [0.2, 0.25) is 10.2 Å². The lowest BCUT2D eigenvalue weighted by Gasteiger charge is -2.17. The number of rotatable bonds is 5. The van der Waals surface area contributed by atoms with Gasteiger partial charge in [0.25, 0.3) is 0 Å². The monoisotopic (exact) mass is 502 g/mol. The molecule has 0 radical (unpaired) electrons. The van der Waals surface area contributed by atoms with Gasteiger partial charge in [0, 0.05) is 25.7 Å². The SMILES string of the molecule is FC(F)(F)c1nc(Cl)cc(N2CCCC2)n1.O=CNCCc1ccc(C(F)(F)F)c(Cl)c1. The van der Waals surface area contributed by atoms with Gasteiger partial charge in [0.05, 0.1) is 10.6 Å². The van der Waals surface area contributed by atoms with Gasteiger partial charge in [-0.05, 0) is 37.0 Å². The van der Waals surface area contributed by atoms with Crippen LogP contribution in [-0.4, -0.2) is 36.0 Å². The van der Waals surface area contributed by atoms with Gasteiger partial charge in [-0.2, -0.15) is 26.3 Å². The maximum Gasteiger partial charge on any atom is 0.451 e. The molecule has 0 bridgehead atoms. The Kier molecular flexibility index (Phi) is 8.97. The van der Waals surface area contributed by atoms with E-state index < -0.39 is 23.7 Å². The summed E-state index contributed by atoms with van der Waals surface area (Å²) in [7, 11) is 0. The zero-order chi connectivity index (χ0) is 23.9. The van der Waals surface area contributed by atoms with Crippen molar-refractivity contribution in [2.45, 2.75) is 31.6 Å². The topological polar surface area (TPSA) is 58.1 Å². The number of alkyl halides is 6. The minimum atomic E-state index is -4.56. The quantitative estimate of drug-likeness (QED) is 0.257. The fraction of sp³-hybridized carbons (Fsp3) is 0.421. The molecule has 5 nitrogen and oxygen atoms in total. The van der Waals surface area contributed by atoms with E-state index in [2.05, 4.69) is 15.3 Å². The lowest BCUT2D eigenvalue weighted by molar-refractivity contribution is -0.145. The molecule has 0 atom stereocenters. The lowest BCUT2D eigenvalue weighted by Crippen LogP contribution is -2.21. The molecule has 1 fully saturated rings. The van der Waals surface area contributed by atoms with E-state index >= 15 is 0 Å². The number of benzene rings is 1. The van der Waals surface area contributed by atoms with Crippen LogP contribution in [-0.2, 0) is 23.6 Å². The van der Waals surface area contributed by atoms with E-state index in [1.165, 1.54) is 18.2 Å². The third-order valence-electron chi connectivity index (χ3n) is 4.35. The predicted octanol–water partition coefficient (Wildman–Crippen LogP) is 5.40.